The Morgan fingerprint density at radius 1 is 1.13 bits per heavy atom. The highest BCUT2D eigenvalue weighted by Gasteiger charge is 2.31. The Hall–Kier alpha value is -2.54. The molecule has 0 amide bonds. The number of aromatic nitrogens is 5. The largest absolute Gasteiger partial charge is 0.322 e. The summed E-state index contributed by atoms with van der Waals surface area (Å²) in [5.74, 6) is 0.778. The van der Waals surface area contributed by atoms with E-state index < -0.39 is 0 Å². The van der Waals surface area contributed by atoms with Crippen LogP contribution in [0, 0.1) is 13.8 Å². The monoisotopic (exact) mass is 408 g/mol. The highest BCUT2D eigenvalue weighted by Crippen LogP contribution is 2.33. The Morgan fingerprint density at radius 3 is 2.57 bits per heavy atom. The Labute approximate surface area is 177 Å². The fourth-order valence-electron chi connectivity index (χ4n) is 4.95. The van der Waals surface area contributed by atoms with Crippen molar-refractivity contribution in [3.63, 3.8) is 0 Å². The van der Waals surface area contributed by atoms with Crippen LogP contribution in [0.2, 0.25) is 0 Å². The van der Waals surface area contributed by atoms with E-state index in [1.165, 1.54) is 19.3 Å². The first-order valence-electron chi connectivity index (χ1n) is 11.2. The van der Waals surface area contributed by atoms with Crippen molar-refractivity contribution in [2.45, 2.75) is 71.9 Å². The zero-order valence-electron chi connectivity index (χ0n) is 18.5. The van der Waals surface area contributed by atoms with Crippen molar-refractivity contribution < 1.29 is 0 Å². The van der Waals surface area contributed by atoms with Crippen LogP contribution in [0.5, 0.6) is 0 Å². The first-order valence-corrected chi connectivity index (χ1v) is 11.2. The van der Waals surface area contributed by atoms with Gasteiger partial charge in [0, 0.05) is 16.5 Å². The Morgan fingerprint density at radius 2 is 1.87 bits per heavy atom. The molecule has 4 rings (SSSR count). The zero-order valence-corrected chi connectivity index (χ0v) is 18.5. The van der Waals surface area contributed by atoms with Crippen molar-refractivity contribution in [2.75, 3.05) is 13.1 Å². The van der Waals surface area contributed by atoms with E-state index in [9.17, 15) is 4.79 Å². The predicted octanol–water partition coefficient (Wildman–Crippen LogP) is 4.07. The number of benzene rings is 1. The van der Waals surface area contributed by atoms with Crippen LogP contribution in [0.3, 0.4) is 0 Å². The van der Waals surface area contributed by atoms with Gasteiger partial charge in [0.15, 0.2) is 5.82 Å². The second-order valence-corrected chi connectivity index (χ2v) is 8.49. The van der Waals surface area contributed by atoms with Gasteiger partial charge in [-0.2, -0.15) is 0 Å². The minimum Gasteiger partial charge on any atom is -0.322 e. The van der Waals surface area contributed by atoms with Crippen molar-refractivity contribution in [3.8, 4) is 0 Å². The molecule has 1 N–H and O–H groups in total. The summed E-state index contributed by atoms with van der Waals surface area (Å²) >= 11 is 0. The van der Waals surface area contributed by atoms with Crippen molar-refractivity contribution in [1.29, 1.82) is 0 Å². The molecular formula is C23H32N6O. The smallest absolute Gasteiger partial charge is 0.253 e. The first-order chi connectivity index (χ1) is 14.5. The van der Waals surface area contributed by atoms with E-state index in [4.69, 9.17) is 0 Å². The average molecular weight is 409 g/mol. The number of tetrazole rings is 1. The summed E-state index contributed by atoms with van der Waals surface area (Å²) in [5, 5.41) is 13.9. The van der Waals surface area contributed by atoms with Gasteiger partial charge in [0.2, 0.25) is 0 Å². The summed E-state index contributed by atoms with van der Waals surface area (Å²) < 4.78 is 1.99. The molecule has 0 bridgehead atoms. The van der Waals surface area contributed by atoms with Crippen LogP contribution < -0.4 is 5.56 Å². The zero-order chi connectivity index (χ0) is 21.3. The van der Waals surface area contributed by atoms with Crippen LogP contribution in [0.25, 0.3) is 10.9 Å². The molecule has 7 heteroatoms. The summed E-state index contributed by atoms with van der Waals surface area (Å²) in [7, 11) is 0. The first kappa shape index (κ1) is 20.7. The summed E-state index contributed by atoms with van der Waals surface area (Å²) in [6, 6.07) is 6.28. The van der Waals surface area contributed by atoms with Gasteiger partial charge >= 0.3 is 0 Å². The van der Waals surface area contributed by atoms with Gasteiger partial charge in [-0.1, -0.05) is 39.2 Å². The minimum atomic E-state index is -0.272. The number of aryl methyl sites for hydroxylation is 2. The lowest BCUT2D eigenvalue weighted by atomic mass is 9.95. The van der Waals surface area contributed by atoms with Crippen molar-refractivity contribution in [2.24, 2.45) is 0 Å². The second kappa shape index (κ2) is 8.68. The Balaban J connectivity index is 1.88. The van der Waals surface area contributed by atoms with Crippen LogP contribution in [0.4, 0.5) is 0 Å². The number of hydrogen-bond acceptors (Lipinski definition) is 5. The molecule has 30 heavy (non-hydrogen) atoms. The standard InChI is InChI=1S/C23H32N6O/c1-5-28(6-2)21(22-25-26-27-29(22)17-10-8-7-9-11-17)19-14-18-16(4)12-15(3)13-20(18)24-23(19)30/h12-14,17,21H,5-11H2,1-4H3,(H,24,30). The van der Waals surface area contributed by atoms with Gasteiger partial charge in [0.05, 0.1) is 6.04 Å². The third kappa shape index (κ3) is 3.78. The summed E-state index contributed by atoms with van der Waals surface area (Å²) in [6.45, 7) is 10.0. The van der Waals surface area contributed by atoms with Crippen molar-refractivity contribution in [3.05, 3.63) is 51.1 Å². The van der Waals surface area contributed by atoms with Crippen molar-refractivity contribution >= 4 is 10.9 Å². The normalized spacial score (nSPS) is 16.4. The predicted molar refractivity (Wildman–Crippen MR) is 119 cm³/mol. The van der Waals surface area contributed by atoms with Gasteiger partial charge in [0.25, 0.3) is 5.56 Å². The van der Waals surface area contributed by atoms with E-state index in [-0.39, 0.29) is 11.6 Å². The lowest BCUT2D eigenvalue weighted by molar-refractivity contribution is 0.222. The lowest BCUT2D eigenvalue weighted by Gasteiger charge is -2.31. The quantitative estimate of drug-likeness (QED) is 0.665. The number of aromatic amines is 1. The maximum atomic E-state index is 13.3. The molecule has 1 saturated carbocycles. The number of fused-ring (bicyclic) bond motifs is 1. The van der Waals surface area contributed by atoms with Crippen LogP contribution >= 0.6 is 0 Å². The fourth-order valence-corrected chi connectivity index (χ4v) is 4.95. The molecule has 1 atom stereocenters. The van der Waals surface area contributed by atoms with Gasteiger partial charge in [-0.15, -0.1) is 5.10 Å². The number of nitrogens with zero attached hydrogens (tertiary/aromatic N) is 5. The second-order valence-electron chi connectivity index (χ2n) is 8.49. The van der Waals surface area contributed by atoms with Gasteiger partial charge in [-0.25, -0.2) is 4.68 Å². The van der Waals surface area contributed by atoms with Crippen molar-refractivity contribution in [1.82, 2.24) is 30.1 Å². The average Bonchev–Trinajstić information content (AvgIpc) is 3.22. The van der Waals surface area contributed by atoms with Gasteiger partial charge in [-0.05, 0) is 73.5 Å². The van der Waals surface area contributed by atoms with E-state index in [0.717, 1.165) is 53.8 Å². The topological polar surface area (TPSA) is 79.7 Å². The van der Waals surface area contributed by atoms with E-state index in [1.807, 2.05) is 16.8 Å². The van der Waals surface area contributed by atoms with E-state index in [2.05, 4.69) is 59.2 Å². The maximum Gasteiger partial charge on any atom is 0.253 e. The number of rotatable bonds is 6. The van der Waals surface area contributed by atoms with E-state index >= 15 is 0 Å². The number of pyridine rings is 1. The highest BCUT2D eigenvalue weighted by molar-refractivity contribution is 5.83. The van der Waals surface area contributed by atoms with Gasteiger partial charge < -0.3 is 4.98 Å². The molecular weight excluding hydrogens is 376 g/mol. The molecule has 0 radical (unpaired) electrons. The van der Waals surface area contributed by atoms with Gasteiger partial charge in [0.1, 0.15) is 6.04 Å². The maximum absolute atomic E-state index is 13.3. The fraction of sp³-hybridized carbons (Fsp3) is 0.565. The molecule has 1 unspecified atom stereocenters. The van der Waals surface area contributed by atoms with Crippen LogP contribution in [-0.2, 0) is 0 Å². The van der Waals surface area contributed by atoms with Crippen LogP contribution in [0.1, 0.15) is 80.6 Å². The lowest BCUT2D eigenvalue weighted by Crippen LogP contribution is -2.35. The summed E-state index contributed by atoms with van der Waals surface area (Å²) in [4.78, 5) is 18.6. The number of nitrogens with one attached hydrogen (secondary N) is 1. The molecule has 160 valence electrons. The minimum absolute atomic E-state index is 0.0670. The number of H-pyrrole nitrogens is 1. The molecule has 1 aromatic carbocycles. The number of hydrogen-bond donors (Lipinski definition) is 1. The SMILES string of the molecule is CCN(CC)C(c1cc2c(C)cc(C)cc2[nH]c1=O)c1nnnn1C1CCCCC1. The molecule has 7 nitrogen and oxygen atoms in total. The molecule has 0 saturated heterocycles. The molecule has 2 heterocycles. The molecule has 1 aliphatic carbocycles. The van der Waals surface area contributed by atoms with Gasteiger partial charge in [-0.3, -0.25) is 9.69 Å². The molecule has 0 spiro atoms. The van der Waals surface area contributed by atoms with Crippen LogP contribution in [-0.4, -0.2) is 43.2 Å². The molecule has 0 aliphatic heterocycles. The summed E-state index contributed by atoms with van der Waals surface area (Å²) in [6.07, 6.45) is 5.87. The molecule has 1 fully saturated rings. The summed E-state index contributed by atoms with van der Waals surface area (Å²) in [5.41, 5.74) is 3.83. The molecule has 1 aliphatic rings. The molecule has 2 aromatic heterocycles. The Bertz CT molecular complexity index is 1070. The van der Waals surface area contributed by atoms with Crippen LogP contribution in [0.15, 0.2) is 23.0 Å². The van der Waals surface area contributed by atoms with E-state index in [0.29, 0.717) is 11.6 Å². The van der Waals surface area contributed by atoms with E-state index in [1.54, 1.807) is 0 Å². The third-order valence-corrected chi connectivity index (χ3v) is 6.50. The highest BCUT2D eigenvalue weighted by atomic mass is 16.1. The third-order valence-electron chi connectivity index (χ3n) is 6.50. The Kier molecular flexibility index (Phi) is 5.99. The molecule has 3 aromatic rings.